The third-order valence-corrected chi connectivity index (χ3v) is 8.54. The lowest BCUT2D eigenvalue weighted by Gasteiger charge is -2.37. The van der Waals surface area contributed by atoms with Gasteiger partial charge in [-0.25, -0.2) is 4.79 Å². The molecular weight excluding hydrogens is 478 g/mol. The Kier molecular flexibility index (Phi) is 9.59. The molecule has 1 aromatic carbocycles. The summed E-state index contributed by atoms with van der Waals surface area (Å²) in [4.78, 5) is 26.0. The van der Waals surface area contributed by atoms with Crippen molar-refractivity contribution in [1.82, 2.24) is 5.32 Å². The van der Waals surface area contributed by atoms with Gasteiger partial charge in [0.2, 0.25) is 0 Å². The summed E-state index contributed by atoms with van der Waals surface area (Å²) >= 11 is 1.42. The summed E-state index contributed by atoms with van der Waals surface area (Å²) in [5.74, 6) is 0.354. The van der Waals surface area contributed by atoms with Crippen LogP contribution in [0, 0.1) is 5.41 Å². The van der Waals surface area contributed by atoms with Crippen molar-refractivity contribution in [3.8, 4) is 11.5 Å². The first-order valence-corrected chi connectivity index (χ1v) is 13.1. The van der Waals surface area contributed by atoms with E-state index in [1.54, 1.807) is 27.0 Å². The number of esters is 1. The van der Waals surface area contributed by atoms with Gasteiger partial charge in [0.1, 0.15) is 18.2 Å². The molecule has 1 amide bonds. The standard InChI is InChI=1S/C28H41NO6S/c1-10-28(11-2,23-15-14-22(36-23)24(30)29-18(3)25(31)34-9)19-12-13-20(21(16-19)33-8)35-17-27(7,32)26(4,5)6/h12-16,18,32H,10-11,17H2,1-9H3,(H,29,30)/t18-,27?/m0/s1. The van der Waals surface area contributed by atoms with Crippen LogP contribution in [-0.4, -0.2) is 49.5 Å². The van der Waals surface area contributed by atoms with E-state index in [0.717, 1.165) is 23.3 Å². The quantitative estimate of drug-likeness (QED) is 0.390. The summed E-state index contributed by atoms with van der Waals surface area (Å²) in [6, 6.07) is 8.93. The van der Waals surface area contributed by atoms with Crippen LogP contribution in [0.5, 0.6) is 11.5 Å². The Morgan fingerprint density at radius 2 is 1.67 bits per heavy atom. The van der Waals surface area contributed by atoms with E-state index in [4.69, 9.17) is 14.2 Å². The first kappa shape index (κ1) is 29.6. The Hall–Kier alpha value is -2.58. The number of methoxy groups -OCH3 is 2. The van der Waals surface area contributed by atoms with Gasteiger partial charge in [-0.05, 0) is 61.9 Å². The smallest absolute Gasteiger partial charge is 0.328 e. The maximum Gasteiger partial charge on any atom is 0.328 e. The molecule has 0 spiro atoms. The van der Waals surface area contributed by atoms with Crippen molar-refractivity contribution in [2.24, 2.45) is 5.41 Å². The number of amides is 1. The fourth-order valence-electron chi connectivity index (χ4n) is 3.89. The molecule has 0 radical (unpaired) electrons. The fraction of sp³-hybridized carbons (Fsp3) is 0.571. The van der Waals surface area contributed by atoms with Crippen molar-refractivity contribution in [1.29, 1.82) is 0 Å². The van der Waals surface area contributed by atoms with Gasteiger partial charge in [0.15, 0.2) is 11.5 Å². The summed E-state index contributed by atoms with van der Waals surface area (Å²) in [7, 11) is 2.90. The van der Waals surface area contributed by atoms with Crippen LogP contribution in [0.15, 0.2) is 30.3 Å². The van der Waals surface area contributed by atoms with Gasteiger partial charge < -0.3 is 24.6 Å². The van der Waals surface area contributed by atoms with Crippen LogP contribution in [0.25, 0.3) is 0 Å². The third-order valence-electron chi connectivity index (χ3n) is 7.25. The van der Waals surface area contributed by atoms with Gasteiger partial charge in [-0.3, -0.25) is 4.79 Å². The van der Waals surface area contributed by atoms with Crippen molar-refractivity contribution in [2.45, 2.75) is 78.4 Å². The van der Waals surface area contributed by atoms with Gasteiger partial charge in [0.05, 0.1) is 19.1 Å². The van der Waals surface area contributed by atoms with E-state index in [0.29, 0.717) is 16.4 Å². The average molecular weight is 520 g/mol. The summed E-state index contributed by atoms with van der Waals surface area (Å²) in [6.07, 6.45) is 1.62. The lowest BCUT2D eigenvalue weighted by Crippen LogP contribution is -2.45. The second kappa shape index (κ2) is 11.6. The van der Waals surface area contributed by atoms with E-state index in [1.165, 1.54) is 18.4 Å². The molecule has 2 atom stereocenters. The van der Waals surface area contributed by atoms with Crippen molar-refractivity contribution >= 4 is 23.2 Å². The minimum atomic E-state index is -1.02. The van der Waals surface area contributed by atoms with Gasteiger partial charge in [0, 0.05) is 10.3 Å². The first-order valence-electron chi connectivity index (χ1n) is 12.3. The Morgan fingerprint density at radius 1 is 1.03 bits per heavy atom. The van der Waals surface area contributed by atoms with Crippen molar-refractivity contribution < 1.29 is 28.9 Å². The molecule has 2 N–H and O–H groups in total. The molecule has 0 aliphatic carbocycles. The molecule has 0 saturated heterocycles. The SMILES string of the molecule is CCC(CC)(c1ccc(OCC(C)(O)C(C)(C)C)c(OC)c1)c1ccc(C(=O)N[C@@H](C)C(=O)OC)s1. The van der Waals surface area contributed by atoms with Crippen LogP contribution in [0.4, 0.5) is 0 Å². The van der Waals surface area contributed by atoms with E-state index in [2.05, 4.69) is 19.2 Å². The van der Waals surface area contributed by atoms with Gasteiger partial charge in [-0.15, -0.1) is 11.3 Å². The van der Waals surface area contributed by atoms with Gasteiger partial charge in [0.25, 0.3) is 5.91 Å². The summed E-state index contributed by atoms with van der Waals surface area (Å²) in [6.45, 7) is 13.7. The van der Waals surface area contributed by atoms with Crippen LogP contribution in [-0.2, 0) is 14.9 Å². The highest BCUT2D eigenvalue weighted by molar-refractivity contribution is 7.14. The summed E-state index contributed by atoms with van der Waals surface area (Å²) < 4.78 is 16.4. The molecule has 0 fully saturated rings. The predicted molar refractivity (Wildman–Crippen MR) is 143 cm³/mol. The molecule has 0 aliphatic heterocycles. The van der Waals surface area contributed by atoms with E-state index in [9.17, 15) is 14.7 Å². The molecule has 0 bridgehead atoms. The third kappa shape index (κ3) is 6.21. The topological polar surface area (TPSA) is 94.1 Å². The van der Waals surface area contributed by atoms with Crippen molar-refractivity contribution in [3.63, 3.8) is 0 Å². The first-order chi connectivity index (χ1) is 16.8. The number of aliphatic hydroxyl groups is 1. The molecule has 36 heavy (non-hydrogen) atoms. The number of hydrogen-bond acceptors (Lipinski definition) is 7. The summed E-state index contributed by atoms with van der Waals surface area (Å²) in [5, 5.41) is 13.5. The molecule has 0 saturated carbocycles. The number of ether oxygens (including phenoxy) is 3. The normalized spacial score (nSPS) is 14.5. The van der Waals surface area contributed by atoms with Gasteiger partial charge in [-0.2, -0.15) is 0 Å². The van der Waals surface area contributed by atoms with Crippen LogP contribution in [0.1, 0.15) is 81.4 Å². The van der Waals surface area contributed by atoms with E-state index in [1.807, 2.05) is 45.0 Å². The molecule has 2 aromatic rings. The maximum atomic E-state index is 12.7. The average Bonchev–Trinajstić information content (AvgIpc) is 3.33. The number of nitrogens with one attached hydrogen (secondary N) is 1. The number of carbonyl (C=O) groups excluding carboxylic acids is 2. The Bertz CT molecular complexity index is 1050. The number of rotatable bonds is 11. The molecule has 1 heterocycles. The Balaban J connectivity index is 2.37. The van der Waals surface area contributed by atoms with Gasteiger partial charge >= 0.3 is 5.97 Å². The van der Waals surface area contributed by atoms with Crippen LogP contribution < -0.4 is 14.8 Å². The Labute approximate surface area is 219 Å². The predicted octanol–water partition coefficient (Wildman–Crippen LogP) is 5.33. The highest BCUT2D eigenvalue weighted by Gasteiger charge is 2.37. The highest BCUT2D eigenvalue weighted by atomic mass is 32.1. The van der Waals surface area contributed by atoms with Crippen molar-refractivity contribution in [2.75, 3.05) is 20.8 Å². The molecule has 1 aromatic heterocycles. The lowest BCUT2D eigenvalue weighted by atomic mass is 9.74. The van der Waals surface area contributed by atoms with E-state index >= 15 is 0 Å². The monoisotopic (exact) mass is 519 g/mol. The molecule has 7 nitrogen and oxygen atoms in total. The maximum absolute atomic E-state index is 12.7. The zero-order chi connectivity index (χ0) is 27.3. The van der Waals surface area contributed by atoms with Crippen LogP contribution >= 0.6 is 11.3 Å². The largest absolute Gasteiger partial charge is 0.493 e. The highest BCUT2D eigenvalue weighted by Crippen LogP contribution is 2.45. The van der Waals surface area contributed by atoms with E-state index < -0.39 is 17.6 Å². The second-order valence-corrected chi connectivity index (χ2v) is 11.4. The fourth-order valence-corrected chi connectivity index (χ4v) is 5.15. The number of hydrogen-bond donors (Lipinski definition) is 2. The summed E-state index contributed by atoms with van der Waals surface area (Å²) in [5.41, 5.74) is -0.652. The number of benzene rings is 1. The zero-order valence-corrected chi connectivity index (χ0v) is 23.8. The minimum absolute atomic E-state index is 0.131. The van der Waals surface area contributed by atoms with Crippen LogP contribution in [0.2, 0.25) is 0 Å². The molecule has 200 valence electrons. The number of carbonyl (C=O) groups is 2. The molecule has 8 heteroatoms. The van der Waals surface area contributed by atoms with Crippen molar-refractivity contribution in [3.05, 3.63) is 45.6 Å². The van der Waals surface area contributed by atoms with E-state index in [-0.39, 0.29) is 23.3 Å². The lowest BCUT2D eigenvalue weighted by molar-refractivity contribution is -0.142. The van der Waals surface area contributed by atoms with Gasteiger partial charge in [-0.1, -0.05) is 40.7 Å². The molecule has 1 unspecified atom stereocenters. The molecular formula is C28H41NO6S. The van der Waals surface area contributed by atoms with Crippen LogP contribution in [0.3, 0.4) is 0 Å². The molecule has 0 aliphatic rings. The number of thiophene rings is 1. The molecule has 2 rings (SSSR count). The Morgan fingerprint density at radius 3 is 2.19 bits per heavy atom. The second-order valence-electron chi connectivity index (χ2n) is 10.3. The zero-order valence-electron chi connectivity index (χ0n) is 23.0. The minimum Gasteiger partial charge on any atom is -0.493 e.